The molecule has 0 N–H and O–H groups in total. The van der Waals surface area contributed by atoms with Crippen molar-refractivity contribution >= 4 is 23.4 Å². The van der Waals surface area contributed by atoms with Gasteiger partial charge >= 0.3 is 5.97 Å². The third-order valence-electron chi connectivity index (χ3n) is 11.8. The molecule has 4 rings (SSSR count). The number of Topliss-reactive ketones (excluding diaryl/α,β-unsaturated/α-hetero) is 1. The fourth-order valence-corrected chi connectivity index (χ4v) is 9.89. The molecule has 0 saturated heterocycles. The first-order chi connectivity index (χ1) is 15.8. The Kier molecular flexibility index (Phi) is 7.31. The molecule has 0 bridgehead atoms. The molecular formula is C30H49ClO3. The smallest absolute Gasteiger partial charge is 0.302 e. The molecule has 194 valence electrons. The molecule has 0 aromatic rings. The number of hydrogen-bond donors (Lipinski definition) is 0. The second-order valence-corrected chi connectivity index (χ2v) is 14.3. The zero-order valence-corrected chi connectivity index (χ0v) is 23.5. The molecule has 0 aromatic heterocycles. The van der Waals surface area contributed by atoms with E-state index in [1.807, 2.05) is 0 Å². The van der Waals surface area contributed by atoms with Crippen LogP contribution in [0.5, 0.6) is 0 Å². The summed E-state index contributed by atoms with van der Waals surface area (Å²) < 4.78 is 5.59. The molecule has 0 spiro atoms. The van der Waals surface area contributed by atoms with Crippen LogP contribution in [0.2, 0.25) is 0 Å². The summed E-state index contributed by atoms with van der Waals surface area (Å²) in [6, 6.07) is 0. The Balaban J connectivity index is 1.54. The maximum atomic E-state index is 14.1. The number of fused-ring (bicyclic) bond motifs is 5. The molecule has 4 fully saturated rings. The normalized spacial score (nSPS) is 45.8. The molecule has 0 amide bonds. The Morgan fingerprint density at radius 1 is 1.03 bits per heavy atom. The highest BCUT2D eigenvalue weighted by atomic mass is 35.5. The third kappa shape index (κ3) is 4.08. The van der Waals surface area contributed by atoms with Crippen LogP contribution in [0, 0.1) is 52.3 Å². The fourth-order valence-electron chi connectivity index (χ4n) is 9.31. The minimum atomic E-state index is -0.744. The lowest BCUT2D eigenvalue weighted by atomic mass is 9.43. The average Bonchev–Trinajstić information content (AvgIpc) is 3.09. The quantitative estimate of drug-likeness (QED) is 0.280. The first kappa shape index (κ1) is 26.5. The van der Waals surface area contributed by atoms with Crippen molar-refractivity contribution in [3.63, 3.8) is 0 Å². The van der Waals surface area contributed by atoms with Crippen molar-refractivity contribution < 1.29 is 14.3 Å². The van der Waals surface area contributed by atoms with E-state index in [9.17, 15) is 9.59 Å². The molecule has 0 aliphatic heterocycles. The minimum absolute atomic E-state index is 0.0127. The lowest BCUT2D eigenvalue weighted by Gasteiger charge is -2.64. The van der Waals surface area contributed by atoms with Crippen molar-refractivity contribution in [1.29, 1.82) is 0 Å². The first-order valence-electron chi connectivity index (χ1n) is 14.2. The summed E-state index contributed by atoms with van der Waals surface area (Å²) in [6.07, 6.45) is 10.4. The van der Waals surface area contributed by atoms with Gasteiger partial charge in [0.25, 0.3) is 0 Å². The van der Waals surface area contributed by atoms with Gasteiger partial charge in [-0.15, -0.1) is 11.6 Å². The summed E-state index contributed by atoms with van der Waals surface area (Å²) in [5, 5.41) is 0. The molecule has 0 radical (unpaired) electrons. The number of esters is 1. The van der Waals surface area contributed by atoms with Crippen molar-refractivity contribution in [2.45, 2.75) is 124 Å². The third-order valence-corrected chi connectivity index (χ3v) is 12.7. The zero-order valence-electron chi connectivity index (χ0n) is 22.8. The average molecular weight is 493 g/mol. The molecule has 4 heteroatoms. The number of rotatable bonds is 6. The van der Waals surface area contributed by atoms with Gasteiger partial charge in [0.15, 0.2) is 5.78 Å². The van der Waals surface area contributed by atoms with Gasteiger partial charge in [-0.3, -0.25) is 9.59 Å². The predicted octanol–water partition coefficient (Wildman–Crippen LogP) is 7.83. The summed E-state index contributed by atoms with van der Waals surface area (Å²) in [5.74, 6) is 4.13. The SMILES string of the molecule is CC(=O)O[C@H]1CC[C@@]2(C)C(CC[C@H]3[C@@H]4CC[C@H]([C@H](C)CC[C@H](C)C(C)C)[C@@]4(C)CC(=O)[C@]32Cl)C1. The van der Waals surface area contributed by atoms with E-state index in [0.717, 1.165) is 43.9 Å². The van der Waals surface area contributed by atoms with Crippen LogP contribution >= 0.6 is 11.6 Å². The lowest BCUT2D eigenvalue weighted by molar-refractivity contribution is -0.164. The Labute approximate surface area is 213 Å². The lowest BCUT2D eigenvalue weighted by Crippen LogP contribution is -2.67. The van der Waals surface area contributed by atoms with Crippen molar-refractivity contribution in [3.05, 3.63) is 0 Å². The van der Waals surface area contributed by atoms with Crippen molar-refractivity contribution in [1.82, 2.24) is 0 Å². The summed E-state index contributed by atoms with van der Waals surface area (Å²) in [7, 11) is 0. The summed E-state index contributed by atoms with van der Waals surface area (Å²) in [5.41, 5.74) is -0.0955. The van der Waals surface area contributed by atoms with Gasteiger partial charge in [0.05, 0.1) is 0 Å². The van der Waals surface area contributed by atoms with Crippen LogP contribution in [0.15, 0.2) is 0 Å². The van der Waals surface area contributed by atoms with Gasteiger partial charge in [-0.05, 0) is 97.2 Å². The predicted molar refractivity (Wildman–Crippen MR) is 139 cm³/mol. The molecule has 3 nitrogen and oxygen atoms in total. The largest absolute Gasteiger partial charge is 0.463 e. The highest BCUT2D eigenvalue weighted by Crippen LogP contribution is 2.70. The van der Waals surface area contributed by atoms with Crippen LogP contribution in [0.4, 0.5) is 0 Å². The molecule has 0 aromatic carbocycles. The number of ketones is 1. The maximum absolute atomic E-state index is 14.1. The van der Waals surface area contributed by atoms with Crippen molar-refractivity contribution in [3.8, 4) is 0 Å². The van der Waals surface area contributed by atoms with Gasteiger partial charge in [-0.25, -0.2) is 0 Å². The molecule has 4 aliphatic carbocycles. The van der Waals surface area contributed by atoms with Crippen LogP contribution in [-0.4, -0.2) is 22.7 Å². The number of hydrogen-bond acceptors (Lipinski definition) is 3. The van der Waals surface area contributed by atoms with E-state index in [4.69, 9.17) is 16.3 Å². The monoisotopic (exact) mass is 492 g/mol. The minimum Gasteiger partial charge on any atom is -0.463 e. The molecule has 0 heterocycles. The van der Waals surface area contributed by atoms with Crippen LogP contribution in [0.1, 0.15) is 113 Å². The summed E-state index contributed by atoms with van der Waals surface area (Å²) in [6.45, 7) is 15.7. The number of alkyl halides is 1. The van der Waals surface area contributed by atoms with Crippen LogP contribution in [0.25, 0.3) is 0 Å². The Morgan fingerprint density at radius 3 is 2.35 bits per heavy atom. The molecule has 4 saturated carbocycles. The van der Waals surface area contributed by atoms with Crippen LogP contribution in [0.3, 0.4) is 0 Å². The van der Waals surface area contributed by atoms with E-state index >= 15 is 0 Å². The second kappa shape index (κ2) is 9.38. The summed E-state index contributed by atoms with van der Waals surface area (Å²) in [4.78, 5) is 24.9. The molecule has 1 unspecified atom stereocenters. The highest BCUT2D eigenvalue weighted by Gasteiger charge is 2.70. The molecule has 34 heavy (non-hydrogen) atoms. The van der Waals surface area contributed by atoms with Gasteiger partial charge in [-0.2, -0.15) is 0 Å². The topological polar surface area (TPSA) is 43.4 Å². The van der Waals surface area contributed by atoms with E-state index in [2.05, 4.69) is 41.5 Å². The molecule has 10 atom stereocenters. The number of carbonyl (C=O) groups is 2. The zero-order chi connectivity index (χ0) is 25.1. The second-order valence-electron chi connectivity index (χ2n) is 13.7. The first-order valence-corrected chi connectivity index (χ1v) is 14.6. The Hall–Kier alpha value is -0.570. The van der Waals surface area contributed by atoms with E-state index in [0.29, 0.717) is 41.8 Å². The number of ether oxygens (including phenoxy) is 1. The van der Waals surface area contributed by atoms with Gasteiger partial charge in [-0.1, -0.05) is 54.4 Å². The molecular weight excluding hydrogens is 444 g/mol. The standard InChI is InChI=1S/C30H49ClO3/c1-18(2)19(3)8-9-20(4)24-12-13-25-26-11-10-22-16-23(34-21(5)32)14-15-29(22,7)30(26,31)27(33)17-28(24,25)6/h18-20,22-26H,8-17H2,1-7H3/t19-,20+,22?,23-,24+,25-,26-,28+,29-,30+/m0/s1. The van der Waals surface area contributed by atoms with Crippen LogP contribution < -0.4 is 0 Å². The fraction of sp³-hybridized carbons (Fsp3) is 0.933. The van der Waals surface area contributed by atoms with Crippen molar-refractivity contribution in [2.24, 2.45) is 52.3 Å². The van der Waals surface area contributed by atoms with Gasteiger partial charge < -0.3 is 4.74 Å². The molecule has 4 aliphatic rings. The maximum Gasteiger partial charge on any atom is 0.302 e. The van der Waals surface area contributed by atoms with Gasteiger partial charge in [0.2, 0.25) is 0 Å². The number of halogens is 1. The Bertz CT molecular complexity index is 794. The van der Waals surface area contributed by atoms with E-state index in [-0.39, 0.29) is 22.9 Å². The van der Waals surface area contributed by atoms with E-state index < -0.39 is 4.87 Å². The van der Waals surface area contributed by atoms with Crippen LogP contribution in [-0.2, 0) is 14.3 Å². The Morgan fingerprint density at radius 2 is 1.71 bits per heavy atom. The van der Waals surface area contributed by atoms with E-state index in [1.54, 1.807) is 0 Å². The number of carbonyl (C=O) groups excluding carboxylic acids is 2. The van der Waals surface area contributed by atoms with Gasteiger partial charge in [0, 0.05) is 13.3 Å². The van der Waals surface area contributed by atoms with E-state index in [1.165, 1.54) is 32.6 Å². The van der Waals surface area contributed by atoms with Gasteiger partial charge in [0.1, 0.15) is 11.0 Å². The highest BCUT2D eigenvalue weighted by molar-refractivity contribution is 6.36. The van der Waals surface area contributed by atoms with Crippen molar-refractivity contribution in [2.75, 3.05) is 0 Å². The summed E-state index contributed by atoms with van der Waals surface area (Å²) >= 11 is 7.63.